The summed E-state index contributed by atoms with van der Waals surface area (Å²) in [7, 11) is 0. The molecule has 0 bridgehead atoms. The van der Waals surface area contributed by atoms with Gasteiger partial charge in [0.05, 0.1) is 12.7 Å². The number of hydrogen-bond acceptors (Lipinski definition) is 3. The van der Waals surface area contributed by atoms with Crippen molar-refractivity contribution in [3.8, 4) is 0 Å². The Morgan fingerprint density at radius 3 is 2.81 bits per heavy atom. The highest BCUT2D eigenvalue weighted by Crippen LogP contribution is 2.67. The predicted molar refractivity (Wildman–Crippen MR) is 121 cm³/mol. The quantitative estimate of drug-likeness (QED) is 0.673. The zero-order chi connectivity index (χ0) is 21.1. The van der Waals surface area contributed by atoms with Crippen molar-refractivity contribution >= 4 is 0 Å². The fourth-order valence-corrected chi connectivity index (χ4v) is 8.08. The number of rotatable bonds is 3. The number of aliphatic hydroxyl groups is 1. The highest BCUT2D eigenvalue weighted by atomic mass is 16.3. The Morgan fingerprint density at radius 2 is 1.94 bits per heavy atom. The third kappa shape index (κ3) is 2.97. The molecular weight excluding hydrogens is 382 g/mol. The molecule has 4 heteroatoms. The van der Waals surface area contributed by atoms with E-state index in [1.54, 1.807) is 5.57 Å². The van der Waals surface area contributed by atoms with Crippen LogP contribution in [0.15, 0.2) is 48.2 Å². The maximum atomic E-state index is 12.1. The van der Waals surface area contributed by atoms with Crippen LogP contribution in [0.1, 0.15) is 76.0 Å². The highest BCUT2D eigenvalue weighted by Gasteiger charge is 2.63. The minimum absolute atomic E-state index is 0.0857. The molecule has 0 spiro atoms. The number of benzene rings is 1. The summed E-state index contributed by atoms with van der Waals surface area (Å²) in [5.74, 6) is 3.05. The van der Waals surface area contributed by atoms with Crippen molar-refractivity contribution in [2.24, 2.45) is 29.1 Å². The summed E-state index contributed by atoms with van der Waals surface area (Å²) in [4.78, 5) is 0. The lowest BCUT2D eigenvalue weighted by Crippen LogP contribution is -2.51. The Balaban J connectivity index is 1.26. The van der Waals surface area contributed by atoms with E-state index in [4.69, 9.17) is 0 Å². The summed E-state index contributed by atoms with van der Waals surface area (Å²) < 4.78 is 1.89. The molecule has 6 atom stereocenters. The molecular formula is C27H35N3O. The average Bonchev–Trinajstić information content (AvgIpc) is 3.37. The van der Waals surface area contributed by atoms with E-state index in [1.165, 1.54) is 44.1 Å². The van der Waals surface area contributed by atoms with Gasteiger partial charge in [-0.25, -0.2) is 4.68 Å². The van der Waals surface area contributed by atoms with Gasteiger partial charge in [-0.1, -0.05) is 54.1 Å². The molecule has 0 radical (unpaired) electrons. The minimum atomic E-state index is -0.847. The molecule has 1 aromatic carbocycles. The number of hydrogen-bond donors (Lipinski definition) is 1. The van der Waals surface area contributed by atoms with E-state index in [0.717, 1.165) is 42.7 Å². The highest BCUT2D eigenvalue weighted by molar-refractivity contribution is 5.24. The van der Waals surface area contributed by atoms with Crippen molar-refractivity contribution in [2.45, 2.75) is 76.9 Å². The Bertz CT molecular complexity index is 981. The fraction of sp³-hybridized carbons (Fsp3) is 0.630. The van der Waals surface area contributed by atoms with Crippen molar-refractivity contribution in [2.75, 3.05) is 0 Å². The van der Waals surface area contributed by atoms with E-state index in [1.807, 2.05) is 16.9 Å². The van der Waals surface area contributed by atoms with Crippen molar-refractivity contribution in [1.82, 2.24) is 15.0 Å². The standard InChI is InChI=1S/C27H35N3O/c1-26-15-13-22-21-10-6-5-9-20(21)11-12-23(22)24(26)14-16-27(26,31)25-18-30(29-28-25)17-19-7-3-2-4-8-19/h2-4,7-9,18,21-24,31H,5-6,10-17H2,1H3/t21?,22?,23?,24?,26-,27+/m0/s1. The molecule has 164 valence electrons. The van der Waals surface area contributed by atoms with Crippen LogP contribution in [0.5, 0.6) is 0 Å². The van der Waals surface area contributed by atoms with Crippen LogP contribution in [0.2, 0.25) is 0 Å². The summed E-state index contributed by atoms with van der Waals surface area (Å²) in [5.41, 5.74) is 2.84. The average molecular weight is 418 g/mol. The monoisotopic (exact) mass is 417 g/mol. The molecule has 4 unspecified atom stereocenters. The molecule has 0 amide bonds. The molecule has 3 fully saturated rings. The van der Waals surface area contributed by atoms with Gasteiger partial charge in [-0.05, 0) is 87.0 Å². The van der Waals surface area contributed by atoms with Gasteiger partial charge in [0.15, 0.2) is 0 Å². The van der Waals surface area contributed by atoms with Crippen LogP contribution in [0, 0.1) is 29.1 Å². The Kier molecular flexibility index (Phi) is 4.64. The van der Waals surface area contributed by atoms with Crippen LogP contribution in [0.4, 0.5) is 0 Å². The first kappa shape index (κ1) is 19.7. The third-order valence-corrected chi connectivity index (χ3v) is 9.68. The van der Waals surface area contributed by atoms with E-state index >= 15 is 0 Å². The van der Waals surface area contributed by atoms with Gasteiger partial charge in [-0.2, -0.15) is 0 Å². The molecule has 2 aromatic rings. The topological polar surface area (TPSA) is 50.9 Å². The van der Waals surface area contributed by atoms with Crippen molar-refractivity contribution < 1.29 is 5.11 Å². The van der Waals surface area contributed by atoms with E-state index < -0.39 is 5.60 Å². The minimum Gasteiger partial charge on any atom is -0.383 e. The lowest BCUT2D eigenvalue weighted by Gasteiger charge is -2.55. The Hall–Kier alpha value is -1.94. The van der Waals surface area contributed by atoms with E-state index in [9.17, 15) is 5.11 Å². The van der Waals surface area contributed by atoms with E-state index in [2.05, 4.69) is 47.6 Å². The van der Waals surface area contributed by atoms with Crippen LogP contribution in [0.3, 0.4) is 0 Å². The van der Waals surface area contributed by atoms with E-state index in [-0.39, 0.29) is 5.41 Å². The first-order valence-electron chi connectivity index (χ1n) is 12.4. The number of aromatic nitrogens is 3. The van der Waals surface area contributed by atoms with Crippen molar-refractivity contribution in [3.63, 3.8) is 0 Å². The Morgan fingerprint density at radius 1 is 1.06 bits per heavy atom. The van der Waals surface area contributed by atoms with Gasteiger partial charge in [0, 0.05) is 5.41 Å². The predicted octanol–water partition coefficient (Wildman–Crippen LogP) is 5.48. The van der Waals surface area contributed by atoms with Crippen LogP contribution >= 0.6 is 0 Å². The summed E-state index contributed by atoms with van der Waals surface area (Å²) in [5, 5.41) is 21.0. The van der Waals surface area contributed by atoms with Crippen LogP contribution in [0.25, 0.3) is 0 Å². The molecule has 3 saturated carbocycles. The summed E-state index contributed by atoms with van der Waals surface area (Å²) in [6.45, 7) is 3.06. The van der Waals surface area contributed by atoms with Crippen LogP contribution < -0.4 is 0 Å². The molecule has 1 aromatic heterocycles. The SMILES string of the molecule is C[C@]12CCC3C4CCCC=C4CCC3C1CC[C@@]2(O)c1cn(Cc2ccccc2)nn1. The van der Waals surface area contributed by atoms with Gasteiger partial charge < -0.3 is 5.11 Å². The maximum Gasteiger partial charge on any atom is 0.116 e. The lowest BCUT2D eigenvalue weighted by molar-refractivity contribution is -0.125. The lowest BCUT2D eigenvalue weighted by atomic mass is 9.50. The van der Waals surface area contributed by atoms with Crippen LogP contribution in [-0.2, 0) is 12.1 Å². The first-order chi connectivity index (χ1) is 15.1. The molecule has 0 saturated heterocycles. The molecule has 0 aliphatic heterocycles. The molecule has 4 aliphatic rings. The molecule has 4 nitrogen and oxygen atoms in total. The number of nitrogens with zero attached hydrogens (tertiary/aromatic N) is 3. The zero-order valence-electron chi connectivity index (χ0n) is 18.7. The smallest absolute Gasteiger partial charge is 0.116 e. The van der Waals surface area contributed by atoms with E-state index in [0.29, 0.717) is 12.5 Å². The van der Waals surface area contributed by atoms with Crippen molar-refractivity contribution in [3.05, 3.63) is 59.4 Å². The molecule has 1 N–H and O–H groups in total. The summed E-state index contributed by atoms with van der Waals surface area (Å²) >= 11 is 0. The summed E-state index contributed by atoms with van der Waals surface area (Å²) in [6, 6.07) is 10.4. The van der Waals surface area contributed by atoms with Gasteiger partial charge in [-0.3, -0.25) is 0 Å². The Labute approximate surface area is 185 Å². The van der Waals surface area contributed by atoms with Gasteiger partial charge >= 0.3 is 0 Å². The second-order valence-electron chi connectivity index (χ2n) is 10.9. The number of allylic oxidation sites excluding steroid dienone is 2. The fourth-order valence-electron chi connectivity index (χ4n) is 8.08. The van der Waals surface area contributed by atoms with Gasteiger partial charge in [0.25, 0.3) is 0 Å². The normalized spacial score (nSPS) is 39.4. The summed E-state index contributed by atoms with van der Waals surface area (Å²) in [6.07, 6.45) is 15.6. The van der Waals surface area contributed by atoms with Gasteiger partial charge in [0.2, 0.25) is 0 Å². The van der Waals surface area contributed by atoms with Crippen molar-refractivity contribution in [1.29, 1.82) is 0 Å². The molecule has 1 heterocycles. The molecule has 31 heavy (non-hydrogen) atoms. The zero-order valence-corrected chi connectivity index (χ0v) is 18.7. The second kappa shape index (κ2) is 7.30. The second-order valence-corrected chi connectivity index (χ2v) is 10.9. The molecule has 6 rings (SSSR count). The maximum absolute atomic E-state index is 12.1. The number of fused-ring (bicyclic) bond motifs is 5. The van der Waals surface area contributed by atoms with Gasteiger partial charge in [0.1, 0.15) is 11.3 Å². The molecule has 4 aliphatic carbocycles. The first-order valence-corrected chi connectivity index (χ1v) is 12.4. The largest absolute Gasteiger partial charge is 0.383 e. The third-order valence-electron chi connectivity index (χ3n) is 9.68. The van der Waals surface area contributed by atoms with Crippen LogP contribution in [-0.4, -0.2) is 20.1 Å². The van der Waals surface area contributed by atoms with Gasteiger partial charge in [-0.15, -0.1) is 5.10 Å².